The second-order valence-electron chi connectivity index (χ2n) is 3.35. The van der Waals surface area contributed by atoms with Gasteiger partial charge in [0.15, 0.2) is 0 Å². The fourth-order valence-corrected chi connectivity index (χ4v) is 0.900. The van der Waals surface area contributed by atoms with E-state index in [9.17, 15) is 9.90 Å². The van der Waals surface area contributed by atoms with Gasteiger partial charge >= 0.3 is 5.97 Å². The van der Waals surface area contributed by atoms with Crippen LogP contribution in [0.4, 0.5) is 0 Å². The highest BCUT2D eigenvalue weighted by Gasteiger charge is 2.31. The van der Waals surface area contributed by atoms with Gasteiger partial charge in [0.05, 0.1) is 0 Å². The van der Waals surface area contributed by atoms with E-state index in [2.05, 4.69) is 6.58 Å². The Bertz CT molecular complexity index is 183. The van der Waals surface area contributed by atoms with E-state index in [0.29, 0.717) is 0 Å². The molecule has 1 unspecified atom stereocenters. The van der Waals surface area contributed by atoms with Crippen molar-refractivity contribution < 1.29 is 14.6 Å². The molecule has 13 heavy (non-hydrogen) atoms. The van der Waals surface area contributed by atoms with E-state index < -0.39 is 12.3 Å². The molecule has 0 heterocycles. The van der Waals surface area contributed by atoms with Gasteiger partial charge in [0.1, 0.15) is 0 Å². The predicted octanol–water partition coefficient (Wildman–Crippen LogP) is 1.86. The van der Waals surface area contributed by atoms with E-state index in [4.69, 9.17) is 4.74 Å². The molecule has 1 atom stereocenters. The zero-order valence-electron chi connectivity index (χ0n) is 8.54. The van der Waals surface area contributed by atoms with Gasteiger partial charge in [-0.25, -0.2) is 4.79 Å². The highest BCUT2D eigenvalue weighted by molar-refractivity contribution is 5.81. The fraction of sp³-hybridized carbons (Fsp3) is 0.700. The molecule has 0 saturated carbocycles. The minimum atomic E-state index is -1.05. The maximum Gasteiger partial charge on any atom is 0.332 e. The highest BCUT2D eigenvalue weighted by Crippen LogP contribution is 2.30. The molecule has 0 aromatic heterocycles. The second kappa shape index (κ2) is 5.02. The lowest BCUT2D eigenvalue weighted by Crippen LogP contribution is -2.34. The van der Waals surface area contributed by atoms with Crippen LogP contribution in [0.5, 0.6) is 0 Å². The normalized spacial score (nSPS) is 13.5. The molecular formula is C10H18O3. The van der Waals surface area contributed by atoms with Crippen LogP contribution in [-0.2, 0) is 9.53 Å². The van der Waals surface area contributed by atoms with Gasteiger partial charge in [-0.3, -0.25) is 0 Å². The molecule has 0 aliphatic heterocycles. The summed E-state index contributed by atoms with van der Waals surface area (Å²) in [5, 5.41) is 9.58. The number of carbonyl (C=O) groups excluding carboxylic acids is 1. The first-order valence-corrected chi connectivity index (χ1v) is 4.51. The molecule has 0 radical (unpaired) electrons. The maximum atomic E-state index is 10.8. The van der Waals surface area contributed by atoms with Crippen molar-refractivity contribution in [3.63, 3.8) is 0 Å². The van der Waals surface area contributed by atoms with Gasteiger partial charge in [-0.1, -0.05) is 27.4 Å². The molecule has 0 amide bonds. The Labute approximate surface area is 79.4 Å². The van der Waals surface area contributed by atoms with Crippen molar-refractivity contribution in [2.45, 2.75) is 39.9 Å². The number of hydrogen-bond donors (Lipinski definition) is 1. The molecule has 0 rings (SSSR count). The summed E-state index contributed by atoms with van der Waals surface area (Å²) in [6.45, 7) is 9.05. The van der Waals surface area contributed by atoms with Crippen molar-refractivity contribution in [2.24, 2.45) is 5.41 Å². The van der Waals surface area contributed by atoms with Crippen molar-refractivity contribution in [2.75, 3.05) is 0 Å². The summed E-state index contributed by atoms with van der Waals surface area (Å²) in [6.07, 6.45) is 1.52. The predicted molar refractivity (Wildman–Crippen MR) is 51.0 cm³/mol. The Morgan fingerprint density at radius 1 is 1.62 bits per heavy atom. The zero-order valence-corrected chi connectivity index (χ0v) is 8.54. The monoisotopic (exact) mass is 186 g/mol. The Hall–Kier alpha value is -0.830. The average molecular weight is 186 g/mol. The van der Waals surface area contributed by atoms with Crippen molar-refractivity contribution in [3.05, 3.63) is 12.7 Å². The Morgan fingerprint density at radius 3 is 2.38 bits per heavy atom. The van der Waals surface area contributed by atoms with Crippen molar-refractivity contribution in [1.82, 2.24) is 0 Å². The van der Waals surface area contributed by atoms with Crippen molar-refractivity contribution in [1.29, 1.82) is 0 Å². The number of rotatable bonds is 5. The van der Waals surface area contributed by atoms with E-state index in [1.807, 2.05) is 20.8 Å². The summed E-state index contributed by atoms with van der Waals surface area (Å²) in [7, 11) is 0. The first-order chi connectivity index (χ1) is 6.00. The van der Waals surface area contributed by atoms with Crippen LogP contribution in [0.25, 0.3) is 0 Å². The third kappa shape index (κ3) is 3.19. The lowest BCUT2D eigenvalue weighted by atomic mass is 9.84. The summed E-state index contributed by atoms with van der Waals surface area (Å²) in [4.78, 5) is 10.8. The smallest absolute Gasteiger partial charge is 0.332 e. The van der Waals surface area contributed by atoms with Gasteiger partial charge in [-0.05, 0) is 12.8 Å². The molecule has 0 fully saturated rings. The zero-order chi connectivity index (χ0) is 10.5. The maximum absolute atomic E-state index is 10.8. The number of ether oxygens (including phenoxy) is 1. The van der Waals surface area contributed by atoms with Crippen LogP contribution in [0.15, 0.2) is 12.7 Å². The number of hydrogen-bond acceptors (Lipinski definition) is 3. The lowest BCUT2D eigenvalue weighted by molar-refractivity contribution is -0.186. The number of aliphatic hydroxyl groups excluding tert-OH is 1. The van der Waals surface area contributed by atoms with E-state index in [1.54, 1.807) is 0 Å². The molecule has 0 saturated heterocycles. The molecule has 0 spiro atoms. The minimum Gasteiger partial charge on any atom is -0.432 e. The SMILES string of the molecule is C=CC(=O)OC(O)C(C)(CC)CC. The van der Waals surface area contributed by atoms with E-state index in [1.165, 1.54) is 0 Å². The molecule has 76 valence electrons. The van der Waals surface area contributed by atoms with E-state index in [-0.39, 0.29) is 5.41 Å². The Kier molecular flexibility index (Phi) is 4.70. The van der Waals surface area contributed by atoms with Gasteiger partial charge in [0, 0.05) is 11.5 Å². The van der Waals surface area contributed by atoms with Crippen molar-refractivity contribution in [3.8, 4) is 0 Å². The Balaban J connectivity index is 4.29. The number of esters is 1. The second-order valence-corrected chi connectivity index (χ2v) is 3.35. The summed E-state index contributed by atoms with van der Waals surface area (Å²) in [5.74, 6) is -0.583. The van der Waals surface area contributed by atoms with Gasteiger partial charge in [-0.15, -0.1) is 0 Å². The van der Waals surface area contributed by atoms with Crippen LogP contribution in [0.3, 0.4) is 0 Å². The number of aliphatic hydroxyl groups is 1. The molecule has 0 aliphatic rings. The third-order valence-electron chi connectivity index (χ3n) is 2.61. The number of carbonyl (C=O) groups is 1. The first kappa shape index (κ1) is 12.2. The summed E-state index contributed by atoms with van der Waals surface area (Å²) in [5.41, 5.74) is -0.362. The third-order valence-corrected chi connectivity index (χ3v) is 2.61. The summed E-state index contributed by atoms with van der Waals surface area (Å²) in [6, 6.07) is 0. The molecule has 0 aliphatic carbocycles. The van der Waals surface area contributed by atoms with Crippen LogP contribution in [0.1, 0.15) is 33.6 Å². The van der Waals surface area contributed by atoms with Gasteiger partial charge in [-0.2, -0.15) is 0 Å². The average Bonchev–Trinajstić information content (AvgIpc) is 2.16. The minimum absolute atomic E-state index is 0.362. The van der Waals surface area contributed by atoms with E-state index >= 15 is 0 Å². The topological polar surface area (TPSA) is 46.5 Å². The van der Waals surface area contributed by atoms with Crippen molar-refractivity contribution >= 4 is 5.97 Å². The summed E-state index contributed by atoms with van der Waals surface area (Å²) < 4.78 is 4.74. The highest BCUT2D eigenvalue weighted by atomic mass is 16.6. The molecule has 0 aromatic rings. The molecular weight excluding hydrogens is 168 g/mol. The van der Waals surface area contributed by atoms with Gasteiger partial charge in [0.25, 0.3) is 0 Å². The van der Waals surface area contributed by atoms with Crippen LogP contribution >= 0.6 is 0 Å². The van der Waals surface area contributed by atoms with Crippen LogP contribution < -0.4 is 0 Å². The Morgan fingerprint density at radius 2 is 2.08 bits per heavy atom. The van der Waals surface area contributed by atoms with E-state index in [0.717, 1.165) is 18.9 Å². The quantitative estimate of drug-likeness (QED) is 0.405. The van der Waals surface area contributed by atoms with Crippen LogP contribution in [0.2, 0.25) is 0 Å². The molecule has 3 heteroatoms. The molecule has 0 bridgehead atoms. The van der Waals surface area contributed by atoms with Gasteiger partial charge < -0.3 is 9.84 Å². The van der Waals surface area contributed by atoms with Crippen LogP contribution in [0, 0.1) is 5.41 Å². The van der Waals surface area contributed by atoms with Crippen LogP contribution in [-0.4, -0.2) is 17.4 Å². The molecule has 3 nitrogen and oxygen atoms in total. The van der Waals surface area contributed by atoms with Gasteiger partial charge in [0.2, 0.25) is 6.29 Å². The summed E-state index contributed by atoms with van der Waals surface area (Å²) >= 11 is 0. The lowest BCUT2D eigenvalue weighted by Gasteiger charge is -2.31. The fourth-order valence-electron chi connectivity index (χ4n) is 0.900. The largest absolute Gasteiger partial charge is 0.432 e. The molecule has 0 aromatic carbocycles. The first-order valence-electron chi connectivity index (χ1n) is 4.51. The molecule has 1 N–H and O–H groups in total. The standard InChI is InChI=1S/C10H18O3/c1-5-8(11)13-9(12)10(4,6-2)7-3/h5,9,12H,1,6-7H2,2-4H3.